The number of alkyl halides is 5. The number of hydrogen-bond acceptors (Lipinski definition) is 4. The Hall–Kier alpha value is -4.20. The van der Waals surface area contributed by atoms with Gasteiger partial charge in [-0.15, -0.1) is 0 Å². The van der Waals surface area contributed by atoms with Gasteiger partial charge in [-0.05, 0) is 54.1 Å². The minimum Gasteiger partial charge on any atom is -0.427 e. The van der Waals surface area contributed by atoms with Gasteiger partial charge in [-0.3, -0.25) is 4.98 Å². The molecule has 0 aliphatic rings. The lowest BCUT2D eigenvalue weighted by atomic mass is 10.0. The van der Waals surface area contributed by atoms with E-state index in [1.807, 2.05) is 6.07 Å². The predicted molar refractivity (Wildman–Crippen MR) is 130 cm³/mol. The van der Waals surface area contributed by atoms with Crippen LogP contribution in [0.4, 0.5) is 30.7 Å². The Bertz CT molecular complexity index is 1520. The lowest BCUT2D eigenvalue weighted by Gasteiger charge is -2.17. The molecule has 0 saturated heterocycles. The van der Waals surface area contributed by atoms with Crippen molar-refractivity contribution in [1.82, 2.24) is 15.0 Å². The number of aromatic nitrogens is 3. The molecular weight excluding hydrogens is 527 g/mol. The van der Waals surface area contributed by atoms with Gasteiger partial charge in [0.1, 0.15) is 17.4 Å². The smallest absolute Gasteiger partial charge is 0.427 e. The average Bonchev–Trinajstić information content (AvgIpc) is 2.88. The highest BCUT2D eigenvalue weighted by Gasteiger charge is 2.38. The fraction of sp³-hybridized carbons (Fsp3) is 0.250. The van der Waals surface area contributed by atoms with Crippen molar-refractivity contribution in [3.63, 3.8) is 0 Å². The zero-order valence-electron chi connectivity index (χ0n) is 20.4. The third kappa shape index (κ3) is 6.82. The Morgan fingerprint density at radius 2 is 1.62 bits per heavy atom. The molecule has 2 aromatic carbocycles. The Balaban J connectivity index is 1.52. The van der Waals surface area contributed by atoms with E-state index in [2.05, 4.69) is 21.9 Å². The van der Waals surface area contributed by atoms with Crippen LogP contribution in [0, 0.1) is 23.5 Å². The molecule has 0 unspecified atom stereocenters. The molecule has 0 aliphatic carbocycles. The molecular formula is C28H20F7N3O. The molecule has 0 saturated carbocycles. The number of halogens is 7. The number of nitrogens with zero attached hydrogens (tertiary/aromatic N) is 3. The molecule has 4 nitrogen and oxygen atoms in total. The summed E-state index contributed by atoms with van der Waals surface area (Å²) in [5, 5.41) is -0.556. The van der Waals surface area contributed by atoms with Crippen molar-refractivity contribution in [2.45, 2.75) is 44.9 Å². The Labute approximate surface area is 218 Å². The molecule has 0 atom stereocenters. The van der Waals surface area contributed by atoms with Gasteiger partial charge in [0.15, 0.2) is 0 Å². The van der Waals surface area contributed by atoms with Gasteiger partial charge < -0.3 is 4.74 Å². The summed E-state index contributed by atoms with van der Waals surface area (Å²) in [6, 6.07) is 7.17. The SMILES string of the molecule is CCCCCc1ccc(-c2cnc(C(F)(F)Oc3ccc4c(F)c(C#CC(F)(F)F)c(F)cc4c3)nc2)nc1. The number of unbranched alkanes of at least 4 members (excludes halogenated alkanes) is 2. The van der Waals surface area contributed by atoms with E-state index in [0.717, 1.165) is 55.4 Å². The summed E-state index contributed by atoms with van der Waals surface area (Å²) >= 11 is 0. The summed E-state index contributed by atoms with van der Waals surface area (Å²) in [6.45, 7) is 2.11. The maximum Gasteiger partial charge on any atom is 0.462 e. The first-order chi connectivity index (χ1) is 18.5. The molecule has 0 fully saturated rings. The van der Waals surface area contributed by atoms with Crippen molar-refractivity contribution in [2.24, 2.45) is 0 Å². The standard InChI is InChI=1S/C28H20F7N3O/c1-2-3-4-5-17-6-9-24(36-14-17)19-15-37-26(38-16-19)28(34,35)39-20-7-8-21-18(12-20)13-23(29)22(25(21)30)10-11-27(31,32)33/h6-9,12-16H,2-5H2,1H3. The van der Waals surface area contributed by atoms with Gasteiger partial charge in [0.05, 0.1) is 11.3 Å². The van der Waals surface area contributed by atoms with E-state index >= 15 is 0 Å². The van der Waals surface area contributed by atoms with Crippen molar-refractivity contribution < 1.29 is 35.5 Å². The molecule has 0 spiro atoms. The lowest BCUT2D eigenvalue weighted by Crippen LogP contribution is -2.24. The fourth-order valence-corrected chi connectivity index (χ4v) is 3.75. The number of pyridine rings is 1. The molecule has 0 aliphatic heterocycles. The van der Waals surface area contributed by atoms with Crippen LogP contribution in [0.2, 0.25) is 0 Å². The molecule has 11 heteroatoms. The maximum atomic E-state index is 14.8. The predicted octanol–water partition coefficient (Wildman–Crippen LogP) is 7.74. The van der Waals surface area contributed by atoms with Gasteiger partial charge in [-0.1, -0.05) is 31.8 Å². The molecule has 39 heavy (non-hydrogen) atoms. The first-order valence-corrected chi connectivity index (χ1v) is 11.8. The van der Waals surface area contributed by atoms with E-state index in [1.54, 1.807) is 12.3 Å². The van der Waals surface area contributed by atoms with E-state index in [-0.39, 0.29) is 10.8 Å². The normalized spacial score (nSPS) is 11.8. The topological polar surface area (TPSA) is 47.9 Å². The maximum absolute atomic E-state index is 14.8. The van der Waals surface area contributed by atoms with Crippen LogP contribution in [0.3, 0.4) is 0 Å². The zero-order chi connectivity index (χ0) is 28.2. The Morgan fingerprint density at radius 3 is 2.26 bits per heavy atom. The Kier molecular flexibility index (Phi) is 8.04. The average molecular weight is 547 g/mol. The molecule has 0 N–H and O–H groups in total. The molecule has 0 amide bonds. The highest BCUT2D eigenvalue weighted by Crippen LogP contribution is 2.33. The van der Waals surface area contributed by atoms with Gasteiger partial charge in [-0.2, -0.15) is 22.0 Å². The number of rotatable bonds is 8. The number of benzene rings is 2. The van der Waals surface area contributed by atoms with Crippen LogP contribution >= 0.6 is 0 Å². The quantitative estimate of drug-likeness (QED) is 0.129. The van der Waals surface area contributed by atoms with Crippen molar-refractivity contribution >= 4 is 10.8 Å². The van der Waals surface area contributed by atoms with Crippen molar-refractivity contribution in [3.05, 3.63) is 83.6 Å². The number of hydrogen-bond donors (Lipinski definition) is 0. The summed E-state index contributed by atoms with van der Waals surface area (Å²) < 4.78 is 100. The molecule has 2 aromatic heterocycles. The zero-order valence-corrected chi connectivity index (χ0v) is 20.4. The summed E-state index contributed by atoms with van der Waals surface area (Å²) in [6.07, 6.45) is -0.752. The first-order valence-electron chi connectivity index (χ1n) is 11.8. The van der Waals surface area contributed by atoms with Gasteiger partial charge in [0.2, 0.25) is 5.82 Å². The van der Waals surface area contributed by atoms with Crippen LogP contribution in [0.5, 0.6) is 5.75 Å². The minimum absolute atomic E-state index is 0.226. The second kappa shape index (κ2) is 11.3. The van der Waals surface area contributed by atoms with Gasteiger partial charge in [0, 0.05) is 35.5 Å². The van der Waals surface area contributed by atoms with Crippen LogP contribution in [-0.4, -0.2) is 21.1 Å². The molecule has 4 rings (SSSR count). The summed E-state index contributed by atoms with van der Waals surface area (Å²) in [5.41, 5.74) is 0.886. The van der Waals surface area contributed by atoms with Crippen LogP contribution in [-0.2, 0) is 12.5 Å². The van der Waals surface area contributed by atoms with Crippen molar-refractivity contribution in [3.8, 4) is 28.8 Å². The first kappa shape index (κ1) is 27.8. The number of aryl methyl sites for hydroxylation is 1. The number of fused-ring (bicyclic) bond motifs is 1. The van der Waals surface area contributed by atoms with E-state index in [1.165, 1.54) is 18.3 Å². The summed E-state index contributed by atoms with van der Waals surface area (Å²) in [4.78, 5) is 11.7. The van der Waals surface area contributed by atoms with Crippen LogP contribution in [0.1, 0.15) is 43.1 Å². The van der Waals surface area contributed by atoms with E-state index in [0.29, 0.717) is 17.3 Å². The van der Waals surface area contributed by atoms with Gasteiger partial charge in [-0.25, -0.2) is 18.7 Å². The second-order valence-corrected chi connectivity index (χ2v) is 8.60. The van der Waals surface area contributed by atoms with E-state index < -0.39 is 41.1 Å². The molecule has 4 aromatic rings. The Morgan fingerprint density at radius 1 is 0.872 bits per heavy atom. The van der Waals surface area contributed by atoms with Crippen molar-refractivity contribution in [1.29, 1.82) is 0 Å². The van der Waals surface area contributed by atoms with Crippen LogP contribution in [0.25, 0.3) is 22.0 Å². The fourth-order valence-electron chi connectivity index (χ4n) is 3.75. The molecule has 0 bridgehead atoms. The van der Waals surface area contributed by atoms with Gasteiger partial charge in [0.25, 0.3) is 0 Å². The number of ether oxygens (including phenoxy) is 1. The molecule has 2 heterocycles. The van der Waals surface area contributed by atoms with E-state index in [4.69, 9.17) is 4.74 Å². The monoisotopic (exact) mass is 547 g/mol. The van der Waals surface area contributed by atoms with Crippen molar-refractivity contribution in [2.75, 3.05) is 0 Å². The summed E-state index contributed by atoms with van der Waals surface area (Å²) in [5.74, 6) is -1.97. The second-order valence-electron chi connectivity index (χ2n) is 8.60. The third-order valence-electron chi connectivity index (χ3n) is 5.68. The highest BCUT2D eigenvalue weighted by atomic mass is 19.4. The largest absolute Gasteiger partial charge is 0.462 e. The van der Waals surface area contributed by atoms with Gasteiger partial charge >= 0.3 is 12.3 Å². The van der Waals surface area contributed by atoms with Crippen LogP contribution < -0.4 is 4.74 Å². The highest BCUT2D eigenvalue weighted by molar-refractivity contribution is 5.86. The lowest BCUT2D eigenvalue weighted by molar-refractivity contribution is -0.191. The molecule has 202 valence electrons. The molecule has 0 radical (unpaired) electrons. The summed E-state index contributed by atoms with van der Waals surface area (Å²) in [7, 11) is 0. The third-order valence-corrected chi connectivity index (χ3v) is 5.68. The van der Waals surface area contributed by atoms with Crippen LogP contribution in [0.15, 0.2) is 55.0 Å². The minimum atomic E-state index is -4.95. The van der Waals surface area contributed by atoms with E-state index in [9.17, 15) is 30.7 Å².